The van der Waals surface area contributed by atoms with Gasteiger partial charge in [-0.3, -0.25) is 9.10 Å². The van der Waals surface area contributed by atoms with E-state index in [2.05, 4.69) is 21.2 Å². The van der Waals surface area contributed by atoms with E-state index in [1.54, 1.807) is 48.5 Å². The number of fused-ring (bicyclic) bond motifs is 1. The van der Waals surface area contributed by atoms with E-state index in [1.165, 1.54) is 4.31 Å². The van der Waals surface area contributed by atoms with Crippen LogP contribution in [0.15, 0.2) is 82.2 Å². The molecule has 4 rings (SSSR count). The first-order valence-corrected chi connectivity index (χ1v) is 11.4. The highest BCUT2D eigenvalue weighted by molar-refractivity contribution is 9.10. The molecule has 1 N–H and O–H groups in total. The summed E-state index contributed by atoms with van der Waals surface area (Å²) in [7, 11) is -3.66. The van der Waals surface area contributed by atoms with Crippen molar-refractivity contribution >= 4 is 43.2 Å². The first kappa shape index (κ1) is 19.7. The van der Waals surface area contributed by atoms with E-state index in [0.29, 0.717) is 23.4 Å². The van der Waals surface area contributed by atoms with Gasteiger partial charge in [-0.15, -0.1) is 0 Å². The normalized spacial score (nSPS) is 15.8. The van der Waals surface area contributed by atoms with Gasteiger partial charge in [-0.25, -0.2) is 8.42 Å². The van der Waals surface area contributed by atoms with E-state index in [4.69, 9.17) is 0 Å². The van der Waals surface area contributed by atoms with Crippen LogP contribution in [-0.4, -0.2) is 20.4 Å². The van der Waals surface area contributed by atoms with Crippen LogP contribution in [0.5, 0.6) is 0 Å². The molecule has 1 amide bonds. The van der Waals surface area contributed by atoms with E-state index in [-0.39, 0.29) is 16.8 Å². The molecule has 7 heteroatoms. The maximum Gasteiger partial charge on any atom is 0.264 e. The molecule has 0 saturated carbocycles. The highest BCUT2D eigenvalue weighted by Gasteiger charge is 2.36. The van der Waals surface area contributed by atoms with Gasteiger partial charge in [0.25, 0.3) is 15.9 Å². The first-order chi connectivity index (χ1) is 13.9. The number of sulfonamides is 1. The Bertz CT molecular complexity index is 1160. The molecule has 1 aliphatic heterocycles. The van der Waals surface area contributed by atoms with E-state index in [0.717, 1.165) is 10.0 Å². The summed E-state index contributed by atoms with van der Waals surface area (Å²) in [6, 6.07) is 20.7. The van der Waals surface area contributed by atoms with Gasteiger partial charge >= 0.3 is 0 Å². The van der Waals surface area contributed by atoms with Gasteiger partial charge in [0.2, 0.25) is 0 Å². The molecule has 3 aromatic rings. The summed E-state index contributed by atoms with van der Waals surface area (Å²) in [4.78, 5) is 12.9. The summed E-state index contributed by atoms with van der Waals surface area (Å²) in [6.45, 7) is 1.88. The van der Waals surface area contributed by atoms with Crippen LogP contribution < -0.4 is 9.62 Å². The number of benzene rings is 3. The number of amides is 1. The summed E-state index contributed by atoms with van der Waals surface area (Å²) in [6.07, 6.45) is 0.556. The zero-order chi connectivity index (χ0) is 20.6. The number of rotatable bonds is 4. The van der Waals surface area contributed by atoms with E-state index >= 15 is 0 Å². The largest absolute Gasteiger partial charge is 0.322 e. The van der Waals surface area contributed by atoms with Crippen molar-refractivity contribution in [2.45, 2.75) is 24.3 Å². The molecule has 148 valence electrons. The van der Waals surface area contributed by atoms with Gasteiger partial charge in [-0.2, -0.15) is 0 Å². The Hall–Kier alpha value is -2.64. The van der Waals surface area contributed by atoms with Gasteiger partial charge in [-0.05, 0) is 73.5 Å². The van der Waals surface area contributed by atoms with Crippen molar-refractivity contribution in [3.05, 3.63) is 88.4 Å². The average molecular weight is 471 g/mol. The van der Waals surface area contributed by atoms with Crippen molar-refractivity contribution in [1.29, 1.82) is 0 Å². The number of anilines is 2. The molecule has 3 aromatic carbocycles. The van der Waals surface area contributed by atoms with Crippen LogP contribution in [0.1, 0.15) is 22.8 Å². The quantitative estimate of drug-likeness (QED) is 0.592. The van der Waals surface area contributed by atoms with E-state index in [9.17, 15) is 13.2 Å². The monoisotopic (exact) mass is 470 g/mol. The molecule has 0 saturated heterocycles. The van der Waals surface area contributed by atoms with Crippen LogP contribution in [0.4, 0.5) is 11.4 Å². The Kier molecular flexibility index (Phi) is 5.19. The summed E-state index contributed by atoms with van der Waals surface area (Å²) in [5.41, 5.74) is 2.67. The van der Waals surface area contributed by atoms with Crippen molar-refractivity contribution < 1.29 is 13.2 Å². The lowest BCUT2D eigenvalue weighted by Crippen LogP contribution is -2.35. The fourth-order valence-corrected chi connectivity index (χ4v) is 5.53. The van der Waals surface area contributed by atoms with Gasteiger partial charge in [0.05, 0.1) is 10.6 Å². The number of carbonyl (C=O) groups is 1. The molecule has 0 unspecified atom stereocenters. The molecule has 0 aromatic heterocycles. The maximum atomic E-state index is 13.1. The number of nitrogens with zero attached hydrogens (tertiary/aromatic N) is 1. The van der Waals surface area contributed by atoms with Gasteiger partial charge in [-0.1, -0.05) is 34.1 Å². The number of nitrogens with one attached hydrogen (secondary N) is 1. The third kappa shape index (κ3) is 3.80. The van der Waals surface area contributed by atoms with Crippen LogP contribution in [-0.2, 0) is 16.4 Å². The van der Waals surface area contributed by atoms with E-state index in [1.807, 2.05) is 31.2 Å². The van der Waals surface area contributed by atoms with Crippen molar-refractivity contribution in [2.24, 2.45) is 0 Å². The number of carbonyl (C=O) groups excluding carboxylic acids is 1. The molecule has 1 heterocycles. The molecule has 1 aliphatic rings. The molecule has 0 radical (unpaired) electrons. The van der Waals surface area contributed by atoms with Crippen LogP contribution >= 0.6 is 15.9 Å². The standard InChI is InChI=1S/C22H19BrN2O3S/c1-15-13-17-14-16(22(26)24-19-10-8-18(23)9-11-19)7-12-21(17)25(15)29(27,28)20-5-3-2-4-6-20/h2-12,14-15H,13H2,1H3,(H,24,26)/t15-/m1/s1. The van der Waals surface area contributed by atoms with Crippen LogP contribution in [0.25, 0.3) is 0 Å². The molecule has 0 bridgehead atoms. The maximum absolute atomic E-state index is 13.1. The van der Waals surface area contributed by atoms with Crippen molar-refractivity contribution in [3.8, 4) is 0 Å². The van der Waals surface area contributed by atoms with Gasteiger partial charge in [0.1, 0.15) is 0 Å². The second-order valence-electron chi connectivity index (χ2n) is 6.97. The lowest BCUT2D eigenvalue weighted by Gasteiger charge is -2.24. The van der Waals surface area contributed by atoms with Crippen LogP contribution in [0.3, 0.4) is 0 Å². The molecule has 0 spiro atoms. The minimum atomic E-state index is -3.66. The Morgan fingerprint density at radius 3 is 2.41 bits per heavy atom. The zero-order valence-corrected chi connectivity index (χ0v) is 18.1. The minimum absolute atomic E-state index is 0.222. The number of halogens is 1. The van der Waals surface area contributed by atoms with Gasteiger partial charge < -0.3 is 5.32 Å². The summed E-state index contributed by atoms with van der Waals surface area (Å²) < 4.78 is 28.7. The fourth-order valence-electron chi connectivity index (χ4n) is 3.55. The number of hydrogen-bond acceptors (Lipinski definition) is 3. The van der Waals surface area contributed by atoms with E-state index < -0.39 is 10.0 Å². The predicted octanol–water partition coefficient (Wildman–Crippen LogP) is 4.84. The molecule has 1 atom stereocenters. The third-order valence-electron chi connectivity index (χ3n) is 4.90. The average Bonchev–Trinajstić information content (AvgIpc) is 3.06. The van der Waals surface area contributed by atoms with Crippen LogP contribution in [0.2, 0.25) is 0 Å². The lowest BCUT2D eigenvalue weighted by molar-refractivity contribution is 0.102. The molecular formula is C22H19BrN2O3S. The summed E-state index contributed by atoms with van der Waals surface area (Å²) in [5, 5.41) is 2.86. The first-order valence-electron chi connectivity index (χ1n) is 9.15. The summed E-state index contributed by atoms with van der Waals surface area (Å²) >= 11 is 3.37. The molecule has 29 heavy (non-hydrogen) atoms. The predicted molar refractivity (Wildman–Crippen MR) is 118 cm³/mol. The molecule has 5 nitrogen and oxygen atoms in total. The SMILES string of the molecule is C[C@@H]1Cc2cc(C(=O)Nc3ccc(Br)cc3)ccc2N1S(=O)(=O)c1ccccc1. The lowest BCUT2D eigenvalue weighted by atomic mass is 10.1. The van der Waals surface area contributed by atoms with Crippen LogP contribution in [0, 0.1) is 0 Å². The zero-order valence-electron chi connectivity index (χ0n) is 15.7. The summed E-state index contributed by atoms with van der Waals surface area (Å²) in [5.74, 6) is -0.229. The molecule has 0 aliphatic carbocycles. The fraction of sp³-hybridized carbons (Fsp3) is 0.136. The topological polar surface area (TPSA) is 66.5 Å². The van der Waals surface area contributed by atoms with Crippen molar-refractivity contribution in [1.82, 2.24) is 0 Å². The molecule has 0 fully saturated rings. The second-order valence-corrected chi connectivity index (χ2v) is 9.70. The van der Waals surface area contributed by atoms with Gasteiger partial charge in [0.15, 0.2) is 0 Å². The molecular weight excluding hydrogens is 452 g/mol. The Balaban J connectivity index is 1.62. The second kappa shape index (κ2) is 7.65. The van der Waals surface area contributed by atoms with Crippen molar-refractivity contribution in [3.63, 3.8) is 0 Å². The Morgan fingerprint density at radius 1 is 1.03 bits per heavy atom. The third-order valence-corrected chi connectivity index (χ3v) is 7.37. The Labute approximate surface area is 178 Å². The smallest absolute Gasteiger partial charge is 0.264 e. The van der Waals surface area contributed by atoms with Gasteiger partial charge in [0, 0.05) is 21.8 Å². The highest BCUT2D eigenvalue weighted by Crippen LogP contribution is 2.37. The highest BCUT2D eigenvalue weighted by atomic mass is 79.9. The number of hydrogen-bond donors (Lipinski definition) is 1. The van der Waals surface area contributed by atoms with Crippen molar-refractivity contribution in [2.75, 3.05) is 9.62 Å². The Morgan fingerprint density at radius 2 is 1.72 bits per heavy atom. The minimum Gasteiger partial charge on any atom is -0.322 e.